The van der Waals surface area contributed by atoms with E-state index in [1.54, 1.807) is 6.07 Å². The van der Waals surface area contributed by atoms with Crippen LogP contribution in [0.4, 0.5) is 0 Å². The highest BCUT2D eigenvalue weighted by molar-refractivity contribution is 5.83. The average molecular weight is 330 g/mol. The average Bonchev–Trinajstić information content (AvgIpc) is 3.02. The number of quaternary nitrogens is 1. The Kier molecular flexibility index (Phi) is 3.95. The molecule has 0 unspecified atom stereocenters. The van der Waals surface area contributed by atoms with E-state index in [1.165, 1.54) is 4.90 Å². The first-order valence-corrected chi connectivity index (χ1v) is 8.71. The minimum atomic E-state index is -0.338. The number of aryl methyl sites for hydroxylation is 2. The van der Waals surface area contributed by atoms with Crippen molar-refractivity contribution in [3.63, 3.8) is 0 Å². The fourth-order valence-electron chi connectivity index (χ4n) is 3.89. The second-order valence-corrected chi connectivity index (χ2v) is 7.01. The van der Waals surface area contributed by atoms with Crippen molar-refractivity contribution in [1.82, 2.24) is 0 Å². The number of rotatable bonds is 2. The Labute approximate surface area is 141 Å². The van der Waals surface area contributed by atoms with Crippen LogP contribution in [-0.2, 0) is 16.0 Å². The van der Waals surface area contributed by atoms with Gasteiger partial charge in [-0.05, 0) is 25.0 Å². The van der Waals surface area contributed by atoms with Crippen LogP contribution in [0.2, 0.25) is 0 Å². The molecule has 2 fully saturated rings. The summed E-state index contributed by atoms with van der Waals surface area (Å²) in [7, 11) is 0. The van der Waals surface area contributed by atoms with E-state index in [2.05, 4.69) is 12.1 Å². The van der Waals surface area contributed by atoms with Gasteiger partial charge in [0, 0.05) is 17.0 Å². The van der Waals surface area contributed by atoms with Crippen LogP contribution in [0.25, 0.3) is 11.0 Å². The number of hydrogen-bond donors (Lipinski definition) is 1. The molecule has 0 radical (unpaired) electrons. The zero-order chi connectivity index (χ0) is 16.7. The molecular weight excluding hydrogens is 306 g/mol. The van der Waals surface area contributed by atoms with Crippen molar-refractivity contribution in [3.05, 3.63) is 45.3 Å². The van der Waals surface area contributed by atoms with E-state index >= 15 is 0 Å². The summed E-state index contributed by atoms with van der Waals surface area (Å²) in [6, 6.07) is 5.82. The Morgan fingerprint density at radius 1 is 1.12 bits per heavy atom. The van der Waals surface area contributed by atoms with Crippen molar-refractivity contribution >= 4 is 11.0 Å². The lowest BCUT2D eigenvalue weighted by molar-refractivity contribution is -0.922. The Morgan fingerprint density at radius 3 is 2.54 bits per heavy atom. The number of ether oxygens (including phenoxy) is 2. The molecule has 0 atom stereocenters. The molecule has 4 rings (SSSR count). The number of nitrogens with one attached hydrogen (secondary N) is 1. The SMILES string of the molecule is Cc1ccc2c(C[NH+]3CCC4(CC3)OCCO4)cc(=O)oc2c1C. The fraction of sp³-hybridized carbons (Fsp3) is 0.526. The van der Waals surface area contributed by atoms with Gasteiger partial charge in [0.25, 0.3) is 0 Å². The van der Waals surface area contributed by atoms with Crippen molar-refractivity contribution in [2.75, 3.05) is 26.3 Å². The van der Waals surface area contributed by atoms with E-state index in [0.29, 0.717) is 13.2 Å². The molecule has 5 nitrogen and oxygen atoms in total. The van der Waals surface area contributed by atoms with Gasteiger partial charge in [0.05, 0.1) is 39.1 Å². The lowest BCUT2D eigenvalue weighted by atomic mass is 10.0. The number of fused-ring (bicyclic) bond motifs is 1. The molecular formula is C19H24NO4+. The molecule has 5 heteroatoms. The Hall–Kier alpha value is -1.69. The molecule has 0 saturated carbocycles. The summed E-state index contributed by atoms with van der Waals surface area (Å²) in [4.78, 5) is 13.5. The molecule has 2 aromatic rings. The molecule has 2 saturated heterocycles. The van der Waals surface area contributed by atoms with Gasteiger partial charge in [-0.1, -0.05) is 12.1 Å². The summed E-state index contributed by atoms with van der Waals surface area (Å²) in [6.07, 6.45) is 1.83. The van der Waals surface area contributed by atoms with Crippen LogP contribution in [0, 0.1) is 13.8 Å². The maximum Gasteiger partial charge on any atom is 0.336 e. The molecule has 3 heterocycles. The van der Waals surface area contributed by atoms with Crippen molar-refractivity contribution in [1.29, 1.82) is 0 Å². The standard InChI is InChI=1S/C19H23NO4/c1-13-3-4-16-15(11-17(21)24-18(16)14(13)2)12-20-7-5-19(6-8-20)22-9-10-23-19/h3-4,11H,5-10,12H2,1-2H3/p+1. The monoisotopic (exact) mass is 330 g/mol. The molecule has 0 amide bonds. The molecule has 1 aromatic heterocycles. The van der Waals surface area contributed by atoms with Crippen LogP contribution in [0.5, 0.6) is 0 Å². The summed E-state index contributed by atoms with van der Waals surface area (Å²) in [5.41, 5.74) is 3.73. The lowest BCUT2D eigenvalue weighted by Gasteiger charge is -2.35. The zero-order valence-electron chi connectivity index (χ0n) is 14.3. The normalized spacial score (nSPS) is 20.9. The van der Waals surface area contributed by atoms with Gasteiger partial charge in [-0.3, -0.25) is 0 Å². The maximum absolute atomic E-state index is 12.0. The smallest absolute Gasteiger partial charge is 0.336 e. The molecule has 0 bridgehead atoms. The van der Waals surface area contributed by atoms with Crippen LogP contribution in [0.1, 0.15) is 29.5 Å². The van der Waals surface area contributed by atoms with Gasteiger partial charge in [0.15, 0.2) is 5.79 Å². The third kappa shape index (κ3) is 2.77. The first kappa shape index (κ1) is 15.8. The highest BCUT2D eigenvalue weighted by Crippen LogP contribution is 2.28. The van der Waals surface area contributed by atoms with Crippen LogP contribution < -0.4 is 10.5 Å². The number of hydrogen-bond acceptors (Lipinski definition) is 4. The lowest BCUT2D eigenvalue weighted by Crippen LogP contribution is -3.12. The highest BCUT2D eigenvalue weighted by Gasteiger charge is 2.41. The van der Waals surface area contributed by atoms with Gasteiger partial charge >= 0.3 is 5.63 Å². The van der Waals surface area contributed by atoms with Gasteiger partial charge in [-0.25, -0.2) is 4.79 Å². The molecule has 1 aromatic carbocycles. The highest BCUT2D eigenvalue weighted by atomic mass is 16.7. The number of benzene rings is 1. The minimum Gasteiger partial charge on any atom is -0.422 e. The Morgan fingerprint density at radius 2 is 1.83 bits per heavy atom. The van der Waals surface area contributed by atoms with E-state index in [4.69, 9.17) is 13.9 Å². The summed E-state index contributed by atoms with van der Waals surface area (Å²) < 4.78 is 17.1. The maximum atomic E-state index is 12.0. The van der Waals surface area contributed by atoms with Gasteiger partial charge in [-0.15, -0.1) is 0 Å². The van der Waals surface area contributed by atoms with Crippen LogP contribution >= 0.6 is 0 Å². The van der Waals surface area contributed by atoms with Crippen LogP contribution in [-0.4, -0.2) is 32.1 Å². The zero-order valence-corrected chi connectivity index (χ0v) is 14.3. The van der Waals surface area contributed by atoms with Gasteiger partial charge < -0.3 is 18.8 Å². The number of likely N-dealkylation sites (tertiary alicyclic amines) is 1. The summed E-state index contributed by atoms with van der Waals surface area (Å²) >= 11 is 0. The van der Waals surface area contributed by atoms with Gasteiger partial charge in [-0.2, -0.15) is 0 Å². The van der Waals surface area contributed by atoms with E-state index in [-0.39, 0.29) is 11.4 Å². The van der Waals surface area contributed by atoms with Gasteiger partial charge in [0.1, 0.15) is 12.1 Å². The van der Waals surface area contributed by atoms with E-state index in [0.717, 1.165) is 60.1 Å². The van der Waals surface area contributed by atoms with Gasteiger partial charge in [0.2, 0.25) is 0 Å². The molecule has 128 valence electrons. The molecule has 2 aliphatic rings. The van der Waals surface area contributed by atoms with E-state index in [1.807, 2.05) is 13.8 Å². The molecule has 2 aliphatic heterocycles. The quantitative estimate of drug-likeness (QED) is 0.844. The third-order valence-corrected chi connectivity index (χ3v) is 5.49. The first-order chi connectivity index (χ1) is 11.6. The van der Waals surface area contributed by atoms with Crippen molar-refractivity contribution in [2.45, 2.75) is 39.0 Å². The van der Waals surface area contributed by atoms with E-state index < -0.39 is 0 Å². The molecule has 1 N–H and O–H groups in total. The van der Waals surface area contributed by atoms with Crippen molar-refractivity contribution < 1.29 is 18.8 Å². The Balaban J connectivity index is 1.59. The topological polar surface area (TPSA) is 53.1 Å². The largest absolute Gasteiger partial charge is 0.422 e. The second kappa shape index (κ2) is 5.99. The van der Waals surface area contributed by atoms with E-state index in [9.17, 15) is 4.79 Å². The van der Waals surface area contributed by atoms with Crippen LogP contribution in [0.15, 0.2) is 27.4 Å². The van der Waals surface area contributed by atoms with Crippen LogP contribution in [0.3, 0.4) is 0 Å². The minimum absolute atomic E-state index is 0.262. The molecule has 24 heavy (non-hydrogen) atoms. The van der Waals surface area contributed by atoms with Crippen molar-refractivity contribution in [3.8, 4) is 0 Å². The third-order valence-electron chi connectivity index (χ3n) is 5.49. The first-order valence-electron chi connectivity index (χ1n) is 8.71. The molecule has 0 aliphatic carbocycles. The Bertz CT molecular complexity index is 810. The summed E-state index contributed by atoms with van der Waals surface area (Å²) in [5, 5.41) is 1.05. The van der Waals surface area contributed by atoms with Crippen molar-refractivity contribution in [2.24, 2.45) is 0 Å². The summed E-state index contributed by atoms with van der Waals surface area (Å²) in [5.74, 6) is -0.338. The molecule has 1 spiro atoms. The summed E-state index contributed by atoms with van der Waals surface area (Å²) in [6.45, 7) is 8.28. The predicted octanol–water partition coefficient (Wildman–Crippen LogP) is 1.33. The fourth-order valence-corrected chi connectivity index (χ4v) is 3.89. The second-order valence-electron chi connectivity index (χ2n) is 7.01. The number of piperidine rings is 1. The predicted molar refractivity (Wildman–Crippen MR) is 90.2 cm³/mol.